The minimum Gasteiger partial charge on any atom is -0.478 e. The maximum absolute atomic E-state index is 11.4. The van der Waals surface area contributed by atoms with Crippen LogP contribution in [0.25, 0.3) is 0 Å². The smallest absolute Gasteiger partial charge is 0.335 e. The maximum Gasteiger partial charge on any atom is 0.335 e. The lowest BCUT2D eigenvalue weighted by molar-refractivity contribution is 0.0697. The molecule has 2 aromatic heterocycles. The van der Waals surface area contributed by atoms with Crippen LogP contribution in [-0.2, 0) is 13.0 Å². The van der Waals surface area contributed by atoms with Gasteiger partial charge in [0.25, 0.3) is 0 Å². The van der Waals surface area contributed by atoms with Crippen molar-refractivity contribution in [3.8, 4) is 0 Å². The van der Waals surface area contributed by atoms with Gasteiger partial charge in [0.15, 0.2) is 0 Å². The van der Waals surface area contributed by atoms with Gasteiger partial charge in [-0.2, -0.15) is 0 Å². The normalized spacial score (nSPS) is 13.3. The second kappa shape index (κ2) is 7.50. The second-order valence-corrected chi connectivity index (χ2v) is 7.46. The van der Waals surface area contributed by atoms with E-state index in [1.165, 1.54) is 0 Å². The molecule has 7 nitrogen and oxygen atoms in total. The van der Waals surface area contributed by atoms with E-state index in [1.807, 2.05) is 45.4 Å². The zero-order valence-corrected chi connectivity index (χ0v) is 16.8. The minimum absolute atomic E-state index is 0.289. The third-order valence-corrected chi connectivity index (χ3v) is 5.13. The molecule has 0 spiro atoms. The van der Waals surface area contributed by atoms with Gasteiger partial charge in [0.1, 0.15) is 11.6 Å². The second-order valence-electron chi connectivity index (χ2n) is 7.46. The molecule has 0 saturated carbocycles. The molecule has 0 atom stereocenters. The van der Waals surface area contributed by atoms with Gasteiger partial charge in [-0.25, -0.2) is 14.8 Å². The fourth-order valence-corrected chi connectivity index (χ4v) is 3.57. The fourth-order valence-electron chi connectivity index (χ4n) is 3.57. The number of fused-ring (bicyclic) bond motifs is 1. The van der Waals surface area contributed by atoms with Gasteiger partial charge in [-0.3, -0.25) is 4.98 Å². The van der Waals surface area contributed by atoms with Crippen molar-refractivity contribution in [2.75, 3.05) is 23.5 Å². The lowest BCUT2D eigenvalue weighted by atomic mass is 10.1. The summed E-state index contributed by atoms with van der Waals surface area (Å²) in [5, 5.41) is 9.32. The number of aromatic carboxylic acids is 1. The SMILES string of the molecule is Cc1ccc(Cc2ncc3c(n2)N(C)CN(c2cc(C(=O)O)ccc2C)C3)cn1. The van der Waals surface area contributed by atoms with Crippen LogP contribution in [0, 0.1) is 13.8 Å². The van der Waals surface area contributed by atoms with Crippen LogP contribution in [0.2, 0.25) is 0 Å². The Labute approximate surface area is 169 Å². The number of hydrogen-bond donors (Lipinski definition) is 1. The number of anilines is 2. The highest BCUT2D eigenvalue weighted by atomic mass is 16.4. The van der Waals surface area contributed by atoms with Crippen molar-refractivity contribution in [1.82, 2.24) is 15.0 Å². The molecule has 1 aromatic carbocycles. The van der Waals surface area contributed by atoms with Gasteiger partial charge < -0.3 is 14.9 Å². The summed E-state index contributed by atoms with van der Waals surface area (Å²) in [5.41, 5.74) is 5.33. The van der Waals surface area contributed by atoms with Gasteiger partial charge in [0.05, 0.1) is 12.2 Å². The Hall–Kier alpha value is -3.48. The lowest BCUT2D eigenvalue weighted by Gasteiger charge is -2.37. The topological polar surface area (TPSA) is 82.5 Å². The van der Waals surface area contributed by atoms with Crippen molar-refractivity contribution >= 4 is 17.5 Å². The van der Waals surface area contributed by atoms with Gasteiger partial charge in [-0.1, -0.05) is 12.1 Å². The lowest BCUT2D eigenvalue weighted by Crippen LogP contribution is -2.41. The Balaban J connectivity index is 1.59. The molecule has 0 fully saturated rings. The van der Waals surface area contributed by atoms with Crippen molar-refractivity contribution in [2.45, 2.75) is 26.8 Å². The van der Waals surface area contributed by atoms with E-state index in [4.69, 9.17) is 4.98 Å². The predicted molar refractivity (Wildman–Crippen MR) is 111 cm³/mol. The summed E-state index contributed by atoms with van der Waals surface area (Å²) in [5.74, 6) is 0.757. The number of rotatable bonds is 4. The molecule has 0 bridgehead atoms. The monoisotopic (exact) mass is 389 g/mol. The molecule has 1 aliphatic heterocycles. The Morgan fingerprint density at radius 2 is 1.97 bits per heavy atom. The van der Waals surface area contributed by atoms with Gasteiger partial charge in [-0.15, -0.1) is 0 Å². The van der Waals surface area contributed by atoms with Crippen LogP contribution >= 0.6 is 0 Å². The van der Waals surface area contributed by atoms with Gasteiger partial charge in [0, 0.05) is 49.4 Å². The van der Waals surface area contributed by atoms with E-state index in [2.05, 4.69) is 25.8 Å². The molecular formula is C22H23N5O2. The number of aryl methyl sites for hydroxylation is 2. The summed E-state index contributed by atoms with van der Waals surface area (Å²) in [6, 6.07) is 9.26. The molecular weight excluding hydrogens is 366 g/mol. The molecule has 29 heavy (non-hydrogen) atoms. The molecule has 1 aliphatic rings. The summed E-state index contributed by atoms with van der Waals surface area (Å²) in [6.45, 7) is 5.22. The molecule has 4 rings (SSSR count). The van der Waals surface area contributed by atoms with E-state index in [-0.39, 0.29) is 5.56 Å². The minimum atomic E-state index is -0.921. The number of benzene rings is 1. The van der Waals surface area contributed by atoms with E-state index in [1.54, 1.807) is 12.1 Å². The van der Waals surface area contributed by atoms with Crippen molar-refractivity contribution < 1.29 is 9.90 Å². The van der Waals surface area contributed by atoms with E-state index >= 15 is 0 Å². The zero-order valence-electron chi connectivity index (χ0n) is 16.8. The number of nitrogens with zero attached hydrogens (tertiary/aromatic N) is 5. The molecule has 0 amide bonds. The number of carboxylic acids is 1. The first-order valence-electron chi connectivity index (χ1n) is 9.47. The van der Waals surface area contributed by atoms with Crippen LogP contribution in [0.5, 0.6) is 0 Å². The largest absolute Gasteiger partial charge is 0.478 e. The van der Waals surface area contributed by atoms with Crippen LogP contribution in [-0.4, -0.2) is 39.7 Å². The Morgan fingerprint density at radius 3 is 2.69 bits per heavy atom. The van der Waals surface area contributed by atoms with Crippen LogP contribution in [0.15, 0.2) is 42.7 Å². The first kappa shape index (κ1) is 18.9. The van der Waals surface area contributed by atoms with E-state index < -0.39 is 5.97 Å². The molecule has 0 radical (unpaired) electrons. The summed E-state index contributed by atoms with van der Waals surface area (Å²) >= 11 is 0. The number of carbonyl (C=O) groups is 1. The van der Waals surface area contributed by atoms with Gasteiger partial charge in [-0.05, 0) is 43.2 Å². The number of hydrogen-bond acceptors (Lipinski definition) is 6. The standard InChI is InChI=1S/C22H23N5O2/c1-14-4-7-17(22(28)29)9-19(14)27-12-18-11-24-20(25-21(18)26(3)13-27)8-16-6-5-15(2)23-10-16/h4-7,9-11H,8,12-13H2,1-3H3,(H,28,29). The molecule has 3 aromatic rings. The van der Waals surface area contributed by atoms with E-state index in [0.717, 1.165) is 39.7 Å². The summed E-state index contributed by atoms with van der Waals surface area (Å²) < 4.78 is 0. The Morgan fingerprint density at radius 1 is 1.14 bits per heavy atom. The predicted octanol–water partition coefficient (Wildman–Crippen LogP) is 3.19. The first-order chi connectivity index (χ1) is 13.9. The third-order valence-electron chi connectivity index (χ3n) is 5.13. The molecule has 0 unspecified atom stereocenters. The molecule has 1 N–H and O–H groups in total. The highest BCUT2D eigenvalue weighted by molar-refractivity contribution is 5.89. The fraction of sp³-hybridized carbons (Fsp3) is 0.273. The quantitative estimate of drug-likeness (QED) is 0.734. The first-order valence-corrected chi connectivity index (χ1v) is 9.47. The van der Waals surface area contributed by atoms with Crippen LogP contribution in [0.1, 0.15) is 38.6 Å². The number of pyridine rings is 1. The van der Waals surface area contributed by atoms with Gasteiger partial charge >= 0.3 is 5.97 Å². The van der Waals surface area contributed by atoms with Crippen LogP contribution < -0.4 is 9.80 Å². The highest BCUT2D eigenvalue weighted by Gasteiger charge is 2.24. The third kappa shape index (κ3) is 3.89. The average Bonchev–Trinajstić information content (AvgIpc) is 2.70. The molecule has 0 saturated heterocycles. The number of aromatic nitrogens is 3. The molecule has 0 aliphatic carbocycles. The summed E-state index contributed by atoms with van der Waals surface area (Å²) in [4.78, 5) is 29.2. The zero-order chi connectivity index (χ0) is 20.5. The molecule has 7 heteroatoms. The Kier molecular flexibility index (Phi) is 4.88. The number of carboxylic acid groups (broad SMARTS) is 1. The van der Waals surface area contributed by atoms with E-state index in [9.17, 15) is 9.90 Å². The van der Waals surface area contributed by atoms with Crippen molar-refractivity contribution in [1.29, 1.82) is 0 Å². The van der Waals surface area contributed by atoms with Crippen molar-refractivity contribution in [3.63, 3.8) is 0 Å². The molecule has 148 valence electrons. The van der Waals surface area contributed by atoms with Crippen molar-refractivity contribution in [2.24, 2.45) is 0 Å². The summed E-state index contributed by atoms with van der Waals surface area (Å²) in [6.07, 6.45) is 4.37. The van der Waals surface area contributed by atoms with Crippen LogP contribution in [0.4, 0.5) is 11.5 Å². The van der Waals surface area contributed by atoms with Gasteiger partial charge in [0.2, 0.25) is 0 Å². The average molecular weight is 389 g/mol. The van der Waals surface area contributed by atoms with Crippen LogP contribution in [0.3, 0.4) is 0 Å². The molecule has 3 heterocycles. The maximum atomic E-state index is 11.4. The summed E-state index contributed by atoms with van der Waals surface area (Å²) in [7, 11) is 1.99. The Bertz CT molecular complexity index is 1070. The van der Waals surface area contributed by atoms with Crippen molar-refractivity contribution in [3.05, 3.63) is 76.5 Å². The van der Waals surface area contributed by atoms with E-state index in [0.29, 0.717) is 19.6 Å². The highest BCUT2D eigenvalue weighted by Crippen LogP contribution is 2.30.